The minimum atomic E-state index is -0.126. The topological polar surface area (TPSA) is 71.5 Å². The number of carbonyl (C=O) groups is 2. The third-order valence-electron chi connectivity index (χ3n) is 3.79. The summed E-state index contributed by atoms with van der Waals surface area (Å²) in [5.41, 5.74) is 1.06. The normalized spacial score (nSPS) is 10.3. The molecule has 0 bridgehead atoms. The third kappa shape index (κ3) is 6.15. The van der Waals surface area contributed by atoms with Crippen molar-refractivity contribution in [2.24, 2.45) is 0 Å². The van der Waals surface area contributed by atoms with E-state index in [2.05, 4.69) is 26.2 Å². The highest BCUT2D eigenvalue weighted by molar-refractivity contribution is 9.10. The second-order valence-corrected chi connectivity index (χ2v) is 6.63. The first kappa shape index (κ1) is 19.9. The maximum atomic E-state index is 12.7. The molecule has 2 rings (SSSR count). The summed E-state index contributed by atoms with van der Waals surface area (Å²) in [6, 6.07) is 11.3. The van der Waals surface area contributed by atoms with Crippen LogP contribution >= 0.6 is 15.9 Å². The van der Waals surface area contributed by atoms with Crippen LogP contribution in [0, 0.1) is 0 Å². The number of benzene rings is 1. The molecule has 0 aliphatic carbocycles. The van der Waals surface area contributed by atoms with Crippen LogP contribution in [0.15, 0.2) is 47.1 Å². The lowest BCUT2D eigenvalue weighted by Gasteiger charge is -2.22. The molecule has 138 valence electrons. The molecule has 7 heteroatoms. The summed E-state index contributed by atoms with van der Waals surface area (Å²) in [6.07, 6.45) is 2.62. The van der Waals surface area contributed by atoms with E-state index in [-0.39, 0.29) is 11.8 Å². The summed E-state index contributed by atoms with van der Waals surface area (Å²) in [7, 11) is 1.62. The molecule has 1 heterocycles. The van der Waals surface area contributed by atoms with Crippen LogP contribution < -0.4 is 15.0 Å². The maximum absolute atomic E-state index is 12.7. The number of aryl methyl sites for hydroxylation is 1. The zero-order chi connectivity index (χ0) is 18.9. The second-order valence-electron chi connectivity index (χ2n) is 5.71. The van der Waals surface area contributed by atoms with Crippen LogP contribution in [-0.2, 0) is 16.0 Å². The Kier molecular flexibility index (Phi) is 7.59. The van der Waals surface area contributed by atoms with Gasteiger partial charge >= 0.3 is 0 Å². The molecule has 1 aromatic carbocycles. The fourth-order valence-corrected chi connectivity index (χ4v) is 2.65. The molecule has 1 aromatic heterocycles. The summed E-state index contributed by atoms with van der Waals surface area (Å²) in [4.78, 5) is 29.7. The van der Waals surface area contributed by atoms with Crippen molar-refractivity contribution < 1.29 is 14.3 Å². The number of pyridine rings is 1. The van der Waals surface area contributed by atoms with Crippen molar-refractivity contribution in [3.05, 3.63) is 52.6 Å². The van der Waals surface area contributed by atoms with E-state index in [4.69, 9.17) is 4.74 Å². The predicted molar refractivity (Wildman–Crippen MR) is 104 cm³/mol. The Labute approximate surface area is 161 Å². The molecule has 0 saturated carbocycles. The summed E-state index contributed by atoms with van der Waals surface area (Å²) in [5.74, 6) is 1.19. The van der Waals surface area contributed by atoms with Crippen LogP contribution in [0.2, 0.25) is 0 Å². The van der Waals surface area contributed by atoms with Crippen LogP contribution in [0.1, 0.15) is 18.9 Å². The van der Waals surface area contributed by atoms with Gasteiger partial charge in [-0.1, -0.05) is 12.1 Å². The van der Waals surface area contributed by atoms with Crippen molar-refractivity contribution in [2.75, 3.05) is 25.1 Å². The van der Waals surface area contributed by atoms with Gasteiger partial charge in [-0.05, 0) is 52.2 Å². The Hall–Kier alpha value is -2.41. The molecule has 2 amide bonds. The Morgan fingerprint density at radius 3 is 2.50 bits per heavy atom. The number of ether oxygens (including phenoxy) is 1. The fourth-order valence-electron chi connectivity index (χ4n) is 2.42. The lowest BCUT2D eigenvalue weighted by molar-refractivity contribution is -0.120. The average molecular weight is 420 g/mol. The van der Waals surface area contributed by atoms with Crippen molar-refractivity contribution in [1.29, 1.82) is 0 Å². The number of hydrogen-bond acceptors (Lipinski definition) is 4. The van der Waals surface area contributed by atoms with Gasteiger partial charge in [0.2, 0.25) is 11.8 Å². The molecule has 0 atom stereocenters. The highest BCUT2D eigenvalue weighted by Crippen LogP contribution is 2.17. The monoisotopic (exact) mass is 419 g/mol. The van der Waals surface area contributed by atoms with Crippen molar-refractivity contribution in [3.8, 4) is 5.75 Å². The van der Waals surface area contributed by atoms with Gasteiger partial charge in [0.05, 0.1) is 7.11 Å². The molecule has 0 unspecified atom stereocenters. The van der Waals surface area contributed by atoms with E-state index >= 15 is 0 Å². The first-order chi connectivity index (χ1) is 12.5. The fraction of sp³-hybridized carbons (Fsp3) is 0.316. The molecule has 0 spiro atoms. The molecule has 2 aromatic rings. The van der Waals surface area contributed by atoms with Gasteiger partial charge in [-0.15, -0.1) is 0 Å². The Morgan fingerprint density at radius 1 is 1.19 bits per heavy atom. The van der Waals surface area contributed by atoms with Gasteiger partial charge in [-0.25, -0.2) is 4.98 Å². The number of amides is 2. The van der Waals surface area contributed by atoms with E-state index < -0.39 is 0 Å². The Balaban J connectivity index is 2.03. The predicted octanol–water partition coefficient (Wildman–Crippen LogP) is 2.95. The second kappa shape index (κ2) is 9.91. The van der Waals surface area contributed by atoms with Gasteiger partial charge in [0.1, 0.15) is 11.6 Å². The maximum Gasteiger partial charge on any atom is 0.228 e. The Morgan fingerprint density at radius 2 is 1.92 bits per heavy atom. The van der Waals surface area contributed by atoms with E-state index in [1.54, 1.807) is 24.3 Å². The molecule has 0 saturated heterocycles. The number of anilines is 1. The number of aromatic nitrogens is 1. The van der Waals surface area contributed by atoms with Crippen LogP contribution in [0.5, 0.6) is 5.75 Å². The van der Waals surface area contributed by atoms with Crippen LogP contribution in [0.25, 0.3) is 0 Å². The van der Waals surface area contributed by atoms with E-state index in [1.807, 2.05) is 30.3 Å². The van der Waals surface area contributed by atoms with Gasteiger partial charge in [0.15, 0.2) is 0 Å². The highest BCUT2D eigenvalue weighted by Gasteiger charge is 2.17. The number of nitrogens with one attached hydrogen (secondary N) is 1. The van der Waals surface area contributed by atoms with E-state index in [1.165, 1.54) is 6.92 Å². The molecule has 0 radical (unpaired) electrons. The lowest BCUT2D eigenvalue weighted by atomic mass is 10.1. The van der Waals surface area contributed by atoms with Crippen LogP contribution in [-0.4, -0.2) is 37.0 Å². The first-order valence-electron chi connectivity index (χ1n) is 8.29. The first-order valence-corrected chi connectivity index (χ1v) is 9.08. The summed E-state index contributed by atoms with van der Waals surface area (Å²) < 4.78 is 5.98. The molecular weight excluding hydrogens is 398 g/mol. The minimum absolute atomic E-state index is 0.0407. The van der Waals surface area contributed by atoms with E-state index in [0.29, 0.717) is 31.7 Å². The molecule has 0 aliphatic heterocycles. The molecule has 0 aliphatic rings. The van der Waals surface area contributed by atoms with Gasteiger partial charge in [0, 0.05) is 37.1 Å². The molecular formula is C19H22BrN3O3. The van der Waals surface area contributed by atoms with Crippen LogP contribution in [0.4, 0.5) is 5.82 Å². The van der Waals surface area contributed by atoms with Crippen molar-refractivity contribution in [3.63, 3.8) is 0 Å². The standard InChI is InChI=1S/C19H22BrN3O3/c1-14(24)21-11-12-23(18-9-6-16(20)13-22-18)19(25)10-5-15-3-7-17(26-2)8-4-15/h3-4,6-9,13H,5,10-12H2,1-2H3,(H,21,24). The largest absolute Gasteiger partial charge is 0.497 e. The van der Waals surface area contributed by atoms with Gasteiger partial charge in [-0.3, -0.25) is 14.5 Å². The smallest absolute Gasteiger partial charge is 0.228 e. The van der Waals surface area contributed by atoms with Gasteiger partial charge in [0.25, 0.3) is 0 Å². The molecule has 1 N–H and O–H groups in total. The number of methoxy groups -OCH3 is 1. The zero-order valence-electron chi connectivity index (χ0n) is 14.9. The van der Waals surface area contributed by atoms with E-state index in [9.17, 15) is 9.59 Å². The highest BCUT2D eigenvalue weighted by atomic mass is 79.9. The van der Waals surface area contributed by atoms with Crippen molar-refractivity contribution in [1.82, 2.24) is 10.3 Å². The quantitative estimate of drug-likeness (QED) is 0.713. The number of hydrogen-bond donors (Lipinski definition) is 1. The van der Waals surface area contributed by atoms with E-state index in [0.717, 1.165) is 15.8 Å². The van der Waals surface area contributed by atoms with Gasteiger partial charge < -0.3 is 10.1 Å². The van der Waals surface area contributed by atoms with Crippen molar-refractivity contribution in [2.45, 2.75) is 19.8 Å². The molecule has 0 fully saturated rings. The number of nitrogens with zero attached hydrogens (tertiary/aromatic N) is 2. The van der Waals surface area contributed by atoms with Crippen molar-refractivity contribution >= 4 is 33.6 Å². The number of carbonyl (C=O) groups excluding carboxylic acids is 2. The lowest BCUT2D eigenvalue weighted by Crippen LogP contribution is -2.38. The molecule has 6 nitrogen and oxygen atoms in total. The Bertz CT molecular complexity index is 733. The summed E-state index contributed by atoms with van der Waals surface area (Å²) in [6.45, 7) is 2.20. The molecule has 26 heavy (non-hydrogen) atoms. The summed E-state index contributed by atoms with van der Waals surface area (Å²) >= 11 is 3.34. The number of rotatable bonds is 8. The zero-order valence-corrected chi connectivity index (χ0v) is 16.5. The van der Waals surface area contributed by atoms with Crippen LogP contribution in [0.3, 0.4) is 0 Å². The minimum Gasteiger partial charge on any atom is -0.497 e. The van der Waals surface area contributed by atoms with Gasteiger partial charge in [-0.2, -0.15) is 0 Å². The average Bonchev–Trinajstić information content (AvgIpc) is 2.64. The third-order valence-corrected chi connectivity index (χ3v) is 4.25. The SMILES string of the molecule is COc1ccc(CCC(=O)N(CCNC(C)=O)c2ccc(Br)cn2)cc1. The summed E-state index contributed by atoms with van der Waals surface area (Å²) in [5, 5.41) is 2.71. The number of halogens is 1.